The first-order chi connectivity index (χ1) is 8.36. The van der Waals surface area contributed by atoms with E-state index in [9.17, 15) is 0 Å². The summed E-state index contributed by atoms with van der Waals surface area (Å²) in [5.74, 6) is 8.53. The van der Waals surface area contributed by atoms with Gasteiger partial charge < -0.3 is 5.43 Å². The van der Waals surface area contributed by atoms with E-state index in [0.717, 1.165) is 18.3 Å². The second kappa shape index (κ2) is 4.15. The van der Waals surface area contributed by atoms with Crippen molar-refractivity contribution in [2.45, 2.75) is 25.7 Å². The Morgan fingerprint density at radius 3 is 3.06 bits per heavy atom. The number of hydrogen-bond donors (Lipinski definition) is 2. The monoisotopic (exact) mass is 229 g/mol. The van der Waals surface area contributed by atoms with Crippen molar-refractivity contribution in [1.82, 2.24) is 5.43 Å². The summed E-state index contributed by atoms with van der Waals surface area (Å²) in [7, 11) is 0. The van der Waals surface area contributed by atoms with Crippen LogP contribution in [0.4, 0.5) is 0 Å². The fraction of sp³-hybridized carbons (Fsp3) is 0.500. The Hall–Kier alpha value is -1.35. The lowest BCUT2D eigenvalue weighted by molar-refractivity contribution is 0.656. The smallest absolute Gasteiger partial charge is 0.114 e. The predicted octanol–water partition coefficient (Wildman–Crippen LogP) is 1.84. The number of hydrazine groups is 1. The minimum atomic E-state index is 0.531. The normalized spacial score (nSPS) is 30.5. The number of amidine groups is 1. The Balaban J connectivity index is 1.89. The lowest BCUT2D eigenvalue weighted by Crippen LogP contribution is -2.32. The number of hydrogen-bond acceptors (Lipinski definition) is 2. The second-order valence-electron chi connectivity index (χ2n) is 4.96. The average Bonchev–Trinajstić information content (AvgIpc) is 3.10. The number of nitrogens with one attached hydrogen (secondary N) is 1. The molecule has 0 spiro atoms. The van der Waals surface area contributed by atoms with Gasteiger partial charge in [-0.05, 0) is 42.7 Å². The molecule has 3 nitrogen and oxygen atoms in total. The molecule has 3 N–H and O–H groups in total. The SMILES string of the molecule is CCN=C(NN)C1C2CCc3ccccc3C21. The Kier molecular flexibility index (Phi) is 2.63. The second-order valence-corrected chi connectivity index (χ2v) is 4.96. The maximum absolute atomic E-state index is 5.59. The van der Waals surface area contributed by atoms with E-state index in [4.69, 9.17) is 5.84 Å². The molecule has 3 rings (SSSR count). The minimum absolute atomic E-state index is 0.531. The zero-order chi connectivity index (χ0) is 11.8. The molecule has 1 aromatic rings. The van der Waals surface area contributed by atoms with Crippen LogP contribution in [0, 0.1) is 11.8 Å². The summed E-state index contributed by atoms with van der Waals surface area (Å²) in [6.45, 7) is 2.86. The number of nitrogens with zero attached hydrogens (tertiary/aromatic N) is 1. The third kappa shape index (κ3) is 1.65. The van der Waals surface area contributed by atoms with Crippen molar-refractivity contribution in [2.75, 3.05) is 6.54 Å². The molecule has 0 bridgehead atoms. The lowest BCUT2D eigenvalue weighted by Gasteiger charge is -2.13. The summed E-state index contributed by atoms with van der Waals surface area (Å²) in [5.41, 5.74) is 5.84. The maximum atomic E-state index is 5.59. The third-order valence-corrected chi connectivity index (χ3v) is 4.12. The van der Waals surface area contributed by atoms with Gasteiger partial charge in [-0.1, -0.05) is 24.3 Å². The molecule has 0 amide bonds. The van der Waals surface area contributed by atoms with Crippen LogP contribution in [0.25, 0.3) is 0 Å². The van der Waals surface area contributed by atoms with E-state index in [1.54, 1.807) is 0 Å². The van der Waals surface area contributed by atoms with Gasteiger partial charge in [0, 0.05) is 12.5 Å². The average molecular weight is 229 g/mol. The number of benzene rings is 1. The van der Waals surface area contributed by atoms with E-state index < -0.39 is 0 Å². The zero-order valence-electron chi connectivity index (χ0n) is 10.2. The third-order valence-electron chi connectivity index (χ3n) is 4.12. The van der Waals surface area contributed by atoms with E-state index >= 15 is 0 Å². The summed E-state index contributed by atoms with van der Waals surface area (Å²) in [6, 6.07) is 8.81. The van der Waals surface area contributed by atoms with E-state index in [-0.39, 0.29) is 0 Å². The minimum Gasteiger partial charge on any atom is -0.312 e. The fourth-order valence-corrected chi connectivity index (χ4v) is 3.36. The van der Waals surface area contributed by atoms with Crippen LogP contribution >= 0.6 is 0 Å². The molecule has 0 aromatic heterocycles. The molecular weight excluding hydrogens is 210 g/mol. The Bertz CT molecular complexity index is 453. The molecule has 0 radical (unpaired) electrons. The predicted molar refractivity (Wildman–Crippen MR) is 69.8 cm³/mol. The van der Waals surface area contributed by atoms with Crippen molar-refractivity contribution in [2.24, 2.45) is 22.7 Å². The topological polar surface area (TPSA) is 50.4 Å². The molecule has 3 heteroatoms. The first-order valence-electron chi connectivity index (χ1n) is 6.45. The molecule has 2 aliphatic rings. The molecule has 0 saturated heterocycles. The summed E-state index contributed by atoms with van der Waals surface area (Å²) in [5, 5.41) is 0. The van der Waals surface area contributed by atoms with Gasteiger partial charge in [-0.3, -0.25) is 4.99 Å². The van der Waals surface area contributed by atoms with Gasteiger partial charge >= 0.3 is 0 Å². The van der Waals surface area contributed by atoms with Crippen LogP contribution in [0.3, 0.4) is 0 Å². The Morgan fingerprint density at radius 2 is 2.29 bits per heavy atom. The van der Waals surface area contributed by atoms with Crippen molar-refractivity contribution in [3.63, 3.8) is 0 Å². The number of aliphatic imine (C=N–C) groups is 1. The first kappa shape index (κ1) is 10.8. The van der Waals surface area contributed by atoms with Gasteiger partial charge in [0.2, 0.25) is 0 Å². The zero-order valence-corrected chi connectivity index (χ0v) is 10.2. The van der Waals surface area contributed by atoms with Gasteiger partial charge in [0.1, 0.15) is 5.84 Å². The molecule has 1 fully saturated rings. The van der Waals surface area contributed by atoms with Crippen molar-refractivity contribution >= 4 is 5.84 Å². The highest BCUT2D eigenvalue weighted by Gasteiger charge is 2.55. The van der Waals surface area contributed by atoms with Gasteiger partial charge in [0.25, 0.3) is 0 Å². The van der Waals surface area contributed by atoms with Crippen LogP contribution in [0.1, 0.15) is 30.4 Å². The highest BCUT2D eigenvalue weighted by Crippen LogP contribution is 2.59. The van der Waals surface area contributed by atoms with Crippen LogP contribution in [-0.4, -0.2) is 12.4 Å². The molecule has 17 heavy (non-hydrogen) atoms. The molecule has 0 aliphatic heterocycles. The van der Waals surface area contributed by atoms with E-state index in [0.29, 0.717) is 11.8 Å². The standard InChI is InChI=1S/C14H19N3/c1-2-16-14(17-15)13-11-8-7-9-5-3-4-6-10(9)12(11)13/h3-6,11-13H,2,7-8,15H2,1H3,(H,16,17). The number of nitrogens with two attached hydrogens (primary N) is 1. The van der Waals surface area contributed by atoms with Crippen LogP contribution in [0.5, 0.6) is 0 Å². The Morgan fingerprint density at radius 1 is 1.47 bits per heavy atom. The van der Waals surface area contributed by atoms with Crippen LogP contribution in [0.15, 0.2) is 29.3 Å². The van der Waals surface area contributed by atoms with Crippen LogP contribution < -0.4 is 11.3 Å². The molecule has 1 aromatic carbocycles. The van der Waals surface area contributed by atoms with E-state index in [2.05, 4.69) is 41.6 Å². The lowest BCUT2D eigenvalue weighted by atomic mass is 9.92. The largest absolute Gasteiger partial charge is 0.312 e. The molecule has 0 heterocycles. The van der Waals surface area contributed by atoms with Crippen LogP contribution in [0.2, 0.25) is 0 Å². The molecule has 3 atom stereocenters. The van der Waals surface area contributed by atoms with Gasteiger partial charge in [-0.15, -0.1) is 0 Å². The molecule has 1 saturated carbocycles. The fourth-order valence-electron chi connectivity index (χ4n) is 3.36. The first-order valence-corrected chi connectivity index (χ1v) is 6.45. The maximum Gasteiger partial charge on any atom is 0.114 e. The quantitative estimate of drug-likeness (QED) is 0.352. The summed E-state index contributed by atoms with van der Waals surface area (Å²) in [4.78, 5) is 4.48. The molecule has 3 unspecified atom stereocenters. The number of fused-ring (bicyclic) bond motifs is 3. The summed E-state index contributed by atoms with van der Waals surface area (Å²) in [6.07, 6.45) is 2.48. The highest BCUT2D eigenvalue weighted by atomic mass is 15.3. The Labute approximate surface area is 102 Å². The van der Waals surface area contributed by atoms with Gasteiger partial charge in [-0.25, -0.2) is 5.84 Å². The van der Waals surface area contributed by atoms with Crippen LogP contribution in [-0.2, 0) is 6.42 Å². The van der Waals surface area contributed by atoms with Crippen molar-refractivity contribution in [1.29, 1.82) is 0 Å². The molecule has 90 valence electrons. The summed E-state index contributed by atoms with van der Waals surface area (Å²) >= 11 is 0. The number of rotatable bonds is 2. The van der Waals surface area contributed by atoms with E-state index in [1.165, 1.54) is 24.0 Å². The van der Waals surface area contributed by atoms with Gasteiger partial charge in [-0.2, -0.15) is 0 Å². The highest BCUT2D eigenvalue weighted by molar-refractivity contribution is 5.88. The van der Waals surface area contributed by atoms with Gasteiger partial charge in [0.15, 0.2) is 0 Å². The van der Waals surface area contributed by atoms with Gasteiger partial charge in [0.05, 0.1) is 0 Å². The van der Waals surface area contributed by atoms with E-state index in [1.807, 2.05) is 0 Å². The summed E-state index contributed by atoms with van der Waals surface area (Å²) < 4.78 is 0. The molecule has 2 aliphatic carbocycles. The van der Waals surface area contributed by atoms with Crippen molar-refractivity contribution in [3.05, 3.63) is 35.4 Å². The van der Waals surface area contributed by atoms with Crippen molar-refractivity contribution < 1.29 is 0 Å². The number of aryl methyl sites for hydroxylation is 1. The van der Waals surface area contributed by atoms with Crippen molar-refractivity contribution in [3.8, 4) is 0 Å². The molecular formula is C14H19N3.